The maximum atomic E-state index is 11.7. The zero-order valence-corrected chi connectivity index (χ0v) is 12.0. The van der Waals surface area contributed by atoms with Crippen molar-refractivity contribution < 1.29 is 4.79 Å². The molecule has 0 unspecified atom stereocenters. The fourth-order valence-electron chi connectivity index (χ4n) is 1.42. The Morgan fingerprint density at radius 2 is 2.12 bits per heavy atom. The minimum absolute atomic E-state index is 0.268. The van der Waals surface area contributed by atoms with Crippen LogP contribution in [-0.2, 0) is 11.2 Å². The van der Waals surface area contributed by atoms with Gasteiger partial charge in [-0.1, -0.05) is 13.8 Å². The van der Waals surface area contributed by atoms with Crippen LogP contribution in [0.25, 0.3) is 0 Å². The number of thioether (sulfide) groups is 1. The zero-order chi connectivity index (χ0) is 12.8. The van der Waals surface area contributed by atoms with E-state index >= 15 is 0 Å². The van der Waals surface area contributed by atoms with Gasteiger partial charge in [-0.3, -0.25) is 9.48 Å². The largest absolute Gasteiger partial charge is 0.298 e. The summed E-state index contributed by atoms with van der Waals surface area (Å²) >= 11 is 1.72. The first-order chi connectivity index (χ1) is 7.99. The van der Waals surface area contributed by atoms with Crippen LogP contribution in [0.5, 0.6) is 0 Å². The Morgan fingerprint density at radius 1 is 1.41 bits per heavy atom. The maximum Gasteiger partial charge on any atom is 0.148 e. The molecule has 0 aliphatic rings. The highest BCUT2D eigenvalue weighted by molar-refractivity contribution is 7.99. The molecular weight excluding hydrogens is 232 g/mol. The molecule has 0 fully saturated rings. The molecule has 0 amide bonds. The minimum Gasteiger partial charge on any atom is -0.298 e. The van der Waals surface area contributed by atoms with E-state index in [2.05, 4.69) is 32.8 Å². The van der Waals surface area contributed by atoms with Crippen molar-refractivity contribution >= 4 is 17.5 Å². The topological polar surface area (TPSA) is 34.9 Å². The Bertz CT molecular complexity index is 358. The lowest BCUT2D eigenvalue weighted by Gasteiger charge is -2.04. The molecule has 0 aliphatic carbocycles. The quantitative estimate of drug-likeness (QED) is 0.750. The number of rotatable bonds is 7. The fourth-order valence-corrected chi connectivity index (χ4v) is 2.34. The minimum atomic E-state index is 0.268. The highest BCUT2D eigenvalue weighted by Crippen LogP contribution is 2.10. The standard InChI is InChI=1S/C13H22N2OS/c1-10(2)8-17-9-13(16)7-12-5-6-15(14-12)11(3)4/h5-6,10-11H,7-9H2,1-4H3. The number of aromatic nitrogens is 2. The number of carbonyl (C=O) groups excluding carboxylic acids is 1. The van der Waals surface area contributed by atoms with E-state index < -0.39 is 0 Å². The molecule has 0 spiro atoms. The van der Waals surface area contributed by atoms with Gasteiger partial charge in [0.05, 0.1) is 17.9 Å². The predicted octanol–water partition coefficient (Wildman–Crippen LogP) is 2.96. The Morgan fingerprint density at radius 3 is 2.65 bits per heavy atom. The van der Waals surface area contributed by atoms with Crippen LogP contribution < -0.4 is 0 Å². The Hall–Kier alpha value is -0.770. The first-order valence-corrected chi connectivity index (χ1v) is 7.28. The lowest BCUT2D eigenvalue weighted by atomic mass is 10.2. The second-order valence-corrected chi connectivity index (χ2v) is 6.04. The Balaban J connectivity index is 2.34. The van der Waals surface area contributed by atoms with Crippen LogP contribution in [-0.4, -0.2) is 27.1 Å². The number of hydrogen-bond acceptors (Lipinski definition) is 3. The smallest absolute Gasteiger partial charge is 0.148 e. The van der Waals surface area contributed by atoms with Crippen molar-refractivity contribution in [3.63, 3.8) is 0 Å². The van der Waals surface area contributed by atoms with E-state index in [1.54, 1.807) is 11.8 Å². The Kier molecular flexibility index (Phi) is 5.75. The van der Waals surface area contributed by atoms with E-state index in [9.17, 15) is 4.79 Å². The van der Waals surface area contributed by atoms with Gasteiger partial charge in [0.25, 0.3) is 0 Å². The molecule has 3 nitrogen and oxygen atoms in total. The summed E-state index contributed by atoms with van der Waals surface area (Å²) in [5, 5.41) is 4.38. The first-order valence-electron chi connectivity index (χ1n) is 6.12. The summed E-state index contributed by atoms with van der Waals surface area (Å²) in [6.45, 7) is 8.50. The number of nitrogens with zero attached hydrogens (tertiary/aromatic N) is 2. The second kappa shape index (κ2) is 6.84. The molecule has 96 valence electrons. The summed E-state index contributed by atoms with van der Waals surface area (Å²) in [6.07, 6.45) is 2.40. The molecule has 4 heteroatoms. The van der Waals surface area contributed by atoms with E-state index in [-0.39, 0.29) is 5.78 Å². The molecule has 0 aromatic carbocycles. The molecule has 0 radical (unpaired) electrons. The summed E-state index contributed by atoms with van der Waals surface area (Å²) in [5.74, 6) is 2.57. The molecule has 0 saturated heterocycles. The predicted molar refractivity (Wildman–Crippen MR) is 73.5 cm³/mol. The van der Waals surface area contributed by atoms with Gasteiger partial charge < -0.3 is 0 Å². The number of hydrogen-bond donors (Lipinski definition) is 0. The van der Waals surface area contributed by atoms with Gasteiger partial charge >= 0.3 is 0 Å². The van der Waals surface area contributed by atoms with Crippen molar-refractivity contribution in [1.29, 1.82) is 0 Å². The van der Waals surface area contributed by atoms with Gasteiger partial charge in [0.15, 0.2) is 0 Å². The van der Waals surface area contributed by atoms with Crippen molar-refractivity contribution in [2.45, 2.75) is 40.2 Å². The van der Waals surface area contributed by atoms with Crippen LogP contribution in [0.3, 0.4) is 0 Å². The summed E-state index contributed by atoms with van der Waals surface area (Å²) in [6, 6.07) is 2.29. The van der Waals surface area contributed by atoms with E-state index in [0.717, 1.165) is 11.4 Å². The molecule has 0 N–H and O–H groups in total. The number of Topliss-reactive ketones (excluding diaryl/α,β-unsaturated/α-hetero) is 1. The van der Waals surface area contributed by atoms with Gasteiger partial charge in [0.1, 0.15) is 5.78 Å². The maximum absolute atomic E-state index is 11.7. The molecule has 0 atom stereocenters. The van der Waals surface area contributed by atoms with Crippen LogP contribution in [0.4, 0.5) is 0 Å². The van der Waals surface area contributed by atoms with Gasteiger partial charge in [-0.25, -0.2) is 0 Å². The number of ketones is 1. The third kappa shape index (κ3) is 5.39. The van der Waals surface area contributed by atoms with Gasteiger partial charge in [-0.05, 0) is 31.6 Å². The lowest BCUT2D eigenvalue weighted by Crippen LogP contribution is -2.09. The van der Waals surface area contributed by atoms with Gasteiger partial charge in [0.2, 0.25) is 0 Å². The second-order valence-electron chi connectivity index (χ2n) is 5.01. The SMILES string of the molecule is CC(C)CSCC(=O)Cc1ccn(C(C)C)n1. The van der Waals surface area contributed by atoms with Crippen molar-refractivity contribution in [1.82, 2.24) is 9.78 Å². The van der Waals surface area contributed by atoms with Gasteiger partial charge in [-0.2, -0.15) is 16.9 Å². The Labute approximate surface area is 108 Å². The van der Waals surface area contributed by atoms with Crippen molar-refractivity contribution in [2.24, 2.45) is 5.92 Å². The molecule has 1 aromatic rings. The third-order valence-corrected chi connectivity index (χ3v) is 3.71. The molecule has 0 aliphatic heterocycles. The van der Waals surface area contributed by atoms with Crippen LogP contribution in [0.15, 0.2) is 12.3 Å². The van der Waals surface area contributed by atoms with E-state index in [4.69, 9.17) is 0 Å². The highest BCUT2D eigenvalue weighted by atomic mass is 32.2. The van der Waals surface area contributed by atoms with E-state index in [1.807, 2.05) is 16.9 Å². The average molecular weight is 254 g/mol. The fraction of sp³-hybridized carbons (Fsp3) is 0.692. The van der Waals surface area contributed by atoms with Crippen molar-refractivity contribution in [3.8, 4) is 0 Å². The normalized spacial score (nSPS) is 11.4. The van der Waals surface area contributed by atoms with Crippen LogP contribution >= 0.6 is 11.8 Å². The lowest BCUT2D eigenvalue weighted by molar-refractivity contribution is -0.116. The molecule has 0 saturated carbocycles. The van der Waals surface area contributed by atoms with E-state index in [1.165, 1.54) is 0 Å². The van der Waals surface area contributed by atoms with Crippen LogP contribution in [0.2, 0.25) is 0 Å². The highest BCUT2D eigenvalue weighted by Gasteiger charge is 2.08. The summed E-state index contributed by atoms with van der Waals surface area (Å²) in [4.78, 5) is 11.7. The molecule has 0 bridgehead atoms. The molecule has 1 heterocycles. The summed E-state index contributed by atoms with van der Waals surface area (Å²) in [7, 11) is 0. The monoisotopic (exact) mass is 254 g/mol. The van der Waals surface area contributed by atoms with Crippen LogP contribution in [0.1, 0.15) is 39.4 Å². The molecule has 17 heavy (non-hydrogen) atoms. The average Bonchev–Trinajstić information content (AvgIpc) is 2.65. The van der Waals surface area contributed by atoms with E-state index in [0.29, 0.717) is 24.1 Å². The summed E-state index contributed by atoms with van der Waals surface area (Å²) < 4.78 is 1.89. The zero-order valence-electron chi connectivity index (χ0n) is 11.1. The van der Waals surface area contributed by atoms with Crippen molar-refractivity contribution in [2.75, 3.05) is 11.5 Å². The molecule has 1 aromatic heterocycles. The molecular formula is C13H22N2OS. The van der Waals surface area contributed by atoms with Gasteiger partial charge in [-0.15, -0.1) is 0 Å². The first kappa shape index (κ1) is 14.3. The third-order valence-electron chi connectivity index (χ3n) is 2.29. The van der Waals surface area contributed by atoms with Crippen molar-refractivity contribution in [3.05, 3.63) is 18.0 Å². The van der Waals surface area contributed by atoms with Gasteiger partial charge in [0, 0.05) is 12.2 Å². The van der Waals surface area contributed by atoms with Crippen LogP contribution in [0, 0.1) is 5.92 Å². The summed E-state index contributed by atoms with van der Waals surface area (Å²) in [5.41, 5.74) is 0.883. The number of carbonyl (C=O) groups is 1. The molecule has 1 rings (SSSR count).